The molecule has 0 unspecified atom stereocenters. The molecule has 0 saturated heterocycles. The molecule has 0 fully saturated rings. The van der Waals surface area contributed by atoms with Gasteiger partial charge in [0.05, 0.1) is 22.1 Å². The lowest BCUT2D eigenvalue weighted by molar-refractivity contribution is 1.10. The van der Waals surface area contributed by atoms with E-state index in [1.54, 1.807) is 0 Å². The molecule has 0 amide bonds. The Morgan fingerprint density at radius 3 is 1.67 bits per heavy atom. The number of hydrogen-bond donors (Lipinski definition) is 0. The van der Waals surface area contributed by atoms with Crippen LogP contribution in [0, 0.1) is 6.92 Å². The Bertz CT molecular complexity index is 2180. The van der Waals surface area contributed by atoms with E-state index in [1.165, 1.54) is 5.56 Å². The largest absolute Gasteiger partial charge is 0.292 e. The molecule has 3 aromatic carbocycles. The second-order valence-corrected chi connectivity index (χ2v) is 10.4. The van der Waals surface area contributed by atoms with E-state index in [1.807, 2.05) is 73.6 Å². The van der Waals surface area contributed by atoms with Crippen molar-refractivity contribution in [2.45, 2.75) is 6.92 Å². The van der Waals surface area contributed by atoms with Gasteiger partial charge in [0.1, 0.15) is 5.82 Å². The molecule has 0 aliphatic rings. The van der Waals surface area contributed by atoms with Gasteiger partial charge in [-0.2, -0.15) is 0 Å². The van der Waals surface area contributed by atoms with Crippen molar-refractivity contribution in [1.29, 1.82) is 0 Å². The van der Waals surface area contributed by atoms with Gasteiger partial charge in [0.2, 0.25) is 0 Å². The van der Waals surface area contributed by atoms with Crippen LogP contribution in [0.25, 0.3) is 72.2 Å². The molecule has 5 heterocycles. The zero-order chi connectivity index (χ0) is 28.0. The van der Waals surface area contributed by atoms with E-state index in [4.69, 9.17) is 15.0 Å². The van der Waals surface area contributed by atoms with Gasteiger partial charge < -0.3 is 0 Å². The molecule has 0 spiro atoms. The van der Waals surface area contributed by atoms with Gasteiger partial charge in [-0.25, -0.2) is 4.98 Å². The average Bonchev–Trinajstić information content (AvgIpc) is 3.47. The summed E-state index contributed by atoms with van der Waals surface area (Å²) in [5, 5.41) is 1.99. The molecule has 8 rings (SSSR count). The van der Waals surface area contributed by atoms with E-state index in [0.29, 0.717) is 0 Å². The monoisotopic (exact) mass is 540 g/mol. The van der Waals surface area contributed by atoms with Crippen LogP contribution in [0.1, 0.15) is 5.56 Å². The molecular weight excluding hydrogens is 516 g/mol. The Kier molecular flexibility index (Phi) is 5.57. The van der Waals surface area contributed by atoms with Crippen molar-refractivity contribution < 1.29 is 0 Å². The third kappa shape index (κ3) is 3.92. The van der Waals surface area contributed by atoms with Crippen molar-refractivity contribution >= 4 is 32.8 Å². The van der Waals surface area contributed by atoms with Crippen LogP contribution >= 0.6 is 0 Å². The van der Waals surface area contributed by atoms with Crippen molar-refractivity contribution in [3.05, 3.63) is 134 Å². The quantitative estimate of drug-likeness (QED) is 0.210. The maximum Gasteiger partial charge on any atom is 0.145 e. The molecule has 0 saturated carbocycles. The van der Waals surface area contributed by atoms with Crippen LogP contribution in [-0.2, 0) is 0 Å². The number of aromatic nitrogens is 6. The Morgan fingerprint density at radius 2 is 1.05 bits per heavy atom. The Labute approximate surface area is 242 Å². The predicted molar refractivity (Wildman–Crippen MR) is 168 cm³/mol. The van der Waals surface area contributed by atoms with E-state index >= 15 is 0 Å². The topological polar surface area (TPSA) is 69.4 Å². The highest BCUT2D eigenvalue weighted by Gasteiger charge is 2.22. The zero-order valence-corrected chi connectivity index (χ0v) is 22.8. The maximum absolute atomic E-state index is 5.40. The first-order valence-corrected chi connectivity index (χ1v) is 13.8. The summed E-state index contributed by atoms with van der Waals surface area (Å²) in [6, 6.07) is 31.6. The number of fused-ring (bicyclic) bond motifs is 6. The smallest absolute Gasteiger partial charge is 0.145 e. The van der Waals surface area contributed by atoms with Crippen LogP contribution in [0.15, 0.2) is 128 Å². The van der Waals surface area contributed by atoms with Gasteiger partial charge in [0, 0.05) is 59.2 Å². The van der Waals surface area contributed by atoms with E-state index in [9.17, 15) is 0 Å². The van der Waals surface area contributed by atoms with Crippen LogP contribution in [0.2, 0.25) is 0 Å². The third-order valence-corrected chi connectivity index (χ3v) is 7.74. The molecule has 8 aromatic rings. The van der Waals surface area contributed by atoms with Crippen molar-refractivity contribution in [3.8, 4) is 39.3 Å². The number of nitrogens with zero attached hydrogens (tertiary/aromatic N) is 6. The molecule has 0 bridgehead atoms. The summed E-state index contributed by atoms with van der Waals surface area (Å²) in [7, 11) is 0. The second kappa shape index (κ2) is 9.71. The number of pyridine rings is 4. The van der Waals surface area contributed by atoms with E-state index in [2.05, 4.69) is 76.1 Å². The molecule has 6 nitrogen and oxygen atoms in total. The number of benzene rings is 3. The molecule has 198 valence electrons. The van der Waals surface area contributed by atoms with Crippen molar-refractivity contribution in [2.75, 3.05) is 0 Å². The van der Waals surface area contributed by atoms with Gasteiger partial charge in [-0.05, 0) is 108 Å². The summed E-state index contributed by atoms with van der Waals surface area (Å²) in [5.41, 5.74) is 11.2. The van der Waals surface area contributed by atoms with Crippen molar-refractivity contribution in [3.63, 3.8) is 0 Å². The van der Waals surface area contributed by atoms with Crippen LogP contribution in [-0.4, -0.2) is 29.5 Å². The zero-order valence-electron chi connectivity index (χ0n) is 22.8. The number of aryl methyl sites for hydroxylation is 1. The second-order valence-electron chi connectivity index (χ2n) is 10.4. The summed E-state index contributed by atoms with van der Waals surface area (Å²) in [4.78, 5) is 23.4. The summed E-state index contributed by atoms with van der Waals surface area (Å²) in [6.07, 6.45) is 11.0. The molecule has 6 heteroatoms. The minimum atomic E-state index is 0.849. The third-order valence-electron chi connectivity index (χ3n) is 7.74. The lowest BCUT2D eigenvalue weighted by atomic mass is 9.96. The van der Waals surface area contributed by atoms with Gasteiger partial charge in [0.25, 0.3) is 0 Å². The highest BCUT2D eigenvalue weighted by molar-refractivity contribution is 6.21. The normalized spacial score (nSPS) is 11.5. The summed E-state index contributed by atoms with van der Waals surface area (Å²) in [6.45, 7) is 2.11. The average molecular weight is 541 g/mol. The fourth-order valence-corrected chi connectivity index (χ4v) is 5.74. The van der Waals surface area contributed by atoms with Crippen LogP contribution in [0.5, 0.6) is 0 Å². The van der Waals surface area contributed by atoms with Gasteiger partial charge in [0.15, 0.2) is 0 Å². The van der Waals surface area contributed by atoms with E-state index in [-0.39, 0.29) is 0 Å². The van der Waals surface area contributed by atoms with E-state index in [0.717, 1.165) is 72.2 Å². The Hall–Kier alpha value is -5.75. The Morgan fingerprint density at radius 1 is 0.500 bits per heavy atom. The molecule has 0 aliphatic carbocycles. The summed E-state index contributed by atoms with van der Waals surface area (Å²) in [5.74, 6) is 0.849. The van der Waals surface area contributed by atoms with Gasteiger partial charge in [-0.15, -0.1) is 0 Å². The van der Waals surface area contributed by atoms with Crippen LogP contribution in [0.4, 0.5) is 0 Å². The summed E-state index contributed by atoms with van der Waals surface area (Å²) >= 11 is 0. The van der Waals surface area contributed by atoms with E-state index < -0.39 is 0 Å². The van der Waals surface area contributed by atoms with Crippen LogP contribution < -0.4 is 0 Å². The van der Waals surface area contributed by atoms with Crippen molar-refractivity contribution in [2.24, 2.45) is 0 Å². The molecule has 0 atom stereocenters. The molecular formula is C36H24N6. The SMILES string of the molecule is Cc1ccc(-n2c(-c3cc(-c4ccncc4)cc(-c4ccncc4)c3)nc3c4cccnc4c4ncccc4c32)cc1. The minimum absolute atomic E-state index is 0.849. The number of hydrogen-bond acceptors (Lipinski definition) is 5. The fraction of sp³-hybridized carbons (Fsp3) is 0.0278. The first-order chi connectivity index (χ1) is 20.7. The van der Waals surface area contributed by atoms with Gasteiger partial charge >= 0.3 is 0 Å². The first-order valence-electron chi connectivity index (χ1n) is 13.8. The highest BCUT2D eigenvalue weighted by atomic mass is 15.1. The van der Waals surface area contributed by atoms with Crippen LogP contribution in [0.3, 0.4) is 0 Å². The Balaban J connectivity index is 1.52. The standard InChI is InChI=1S/C36H24N6/c1-23-6-8-29(9-7-23)42-35-31-5-3-15-40-33(31)32-30(4-2-14-39-32)34(35)41-36(42)28-21-26(24-10-16-37-17-11-24)20-27(22-28)25-12-18-38-19-13-25/h2-22H,1H3. The summed E-state index contributed by atoms with van der Waals surface area (Å²) < 4.78 is 2.27. The fourth-order valence-electron chi connectivity index (χ4n) is 5.74. The number of imidazole rings is 1. The molecule has 0 aliphatic heterocycles. The molecule has 0 N–H and O–H groups in total. The molecule has 5 aromatic heterocycles. The maximum atomic E-state index is 5.40. The lowest BCUT2D eigenvalue weighted by Crippen LogP contribution is -1.99. The lowest BCUT2D eigenvalue weighted by Gasteiger charge is -2.14. The van der Waals surface area contributed by atoms with Gasteiger partial charge in [-0.3, -0.25) is 24.5 Å². The molecule has 42 heavy (non-hydrogen) atoms. The molecule has 0 radical (unpaired) electrons. The minimum Gasteiger partial charge on any atom is -0.292 e. The van der Waals surface area contributed by atoms with Gasteiger partial charge in [-0.1, -0.05) is 17.7 Å². The predicted octanol–water partition coefficient (Wildman–Crippen LogP) is 8.22. The first kappa shape index (κ1) is 24.1. The highest BCUT2D eigenvalue weighted by Crippen LogP contribution is 2.39. The number of rotatable bonds is 4. The van der Waals surface area contributed by atoms with Crippen molar-refractivity contribution in [1.82, 2.24) is 29.5 Å².